The number of aryl methyl sites for hydroxylation is 1. The third-order valence-electron chi connectivity index (χ3n) is 4.46. The summed E-state index contributed by atoms with van der Waals surface area (Å²) in [6.07, 6.45) is 3.27. The molecule has 2 aromatic carbocycles. The minimum Gasteiger partial charge on any atom is -0.496 e. The lowest BCUT2D eigenvalue weighted by Crippen LogP contribution is -2.36. The highest BCUT2D eigenvalue weighted by Gasteiger charge is 2.05. The molecule has 0 aliphatic heterocycles. The number of rotatable bonds is 8. The monoisotopic (exact) mass is 520 g/mol. The molecule has 0 unspecified atom stereocenters. The van der Waals surface area contributed by atoms with Crippen molar-refractivity contribution < 1.29 is 4.74 Å². The normalized spacial score (nSPS) is 11.0. The van der Waals surface area contributed by atoms with E-state index in [2.05, 4.69) is 71.0 Å². The van der Waals surface area contributed by atoms with E-state index < -0.39 is 0 Å². The fourth-order valence-corrected chi connectivity index (χ4v) is 3.02. The maximum absolute atomic E-state index is 5.49. The van der Waals surface area contributed by atoms with Gasteiger partial charge in [0.05, 0.1) is 20.2 Å². The van der Waals surface area contributed by atoms with E-state index in [0.717, 1.165) is 29.4 Å². The molecule has 0 fully saturated rings. The summed E-state index contributed by atoms with van der Waals surface area (Å²) in [4.78, 5) is 8.72. The Hall–Kier alpha value is -2.62. The predicted octanol–water partition coefficient (Wildman–Crippen LogP) is 3.52. The Labute approximate surface area is 195 Å². The average Bonchev–Trinajstić information content (AvgIpc) is 3.24. The number of nitrogens with one attached hydrogen (secondary N) is 2. The molecule has 2 N–H and O–H groups in total. The van der Waals surface area contributed by atoms with Gasteiger partial charge in [-0.05, 0) is 36.6 Å². The minimum atomic E-state index is 0. The molecule has 7 nitrogen and oxygen atoms in total. The highest BCUT2D eigenvalue weighted by Crippen LogP contribution is 2.19. The summed E-state index contributed by atoms with van der Waals surface area (Å²) in [5.74, 6) is 1.66. The Morgan fingerprint density at radius 2 is 1.97 bits per heavy atom. The van der Waals surface area contributed by atoms with E-state index in [0.29, 0.717) is 19.6 Å². The van der Waals surface area contributed by atoms with Crippen LogP contribution in [0.2, 0.25) is 0 Å². The van der Waals surface area contributed by atoms with Crippen LogP contribution in [0.15, 0.2) is 60.1 Å². The van der Waals surface area contributed by atoms with Crippen molar-refractivity contribution in [3.63, 3.8) is 0 Å². The number of nitrogens with zero attached hydrogens (tertiary/aromatic N) is 4. The zero-order valence-electron chi connectivity index (χ0n) is 17.6. The Bertz CT molecular complexity index is 943. The molecule has 1 heterocycles. The van der Waals surface area contributed by atoms with Gasteiger partial charge in [0.15, 0.2) is 5.96 Å². The Kier molecular flexibility index (Phi) is 9.59. The van der Waals surface area contributed by atoms with Crippen molar-refractivity contribution in [2.45, 2.75) is 33.5 Å². The van der Waals surface area contributed by atoms with Crippen LogP contribution in [-0.2, 0) is 19.6 Å². The lowest BCUT2D eigenvalue weighted by molar-refractivity contribution is 0.408. The number of hydrogen-bond donors (Lipinski definition) is 2. The molecule has 0 bridgehead atoms. The van der Waals surface area contributed by atoms with Gasteiger partial charge in [0.25, 0.3) is 0 Å². The van der Waals surface area contributed by atoms with Crippen LogP contribution >= 0.6 is 24.0 Å². The standard InChI is InChI=1S/C22H28N6O.HI/c1-4-24-22(26-13-20-9-8-17(2)10-21(20)29-3)25-12-18-6-5-7-19(11-18)14-28-16-23-15-27-28;/h5-11,15-16H,4,12-14H2,1-3H3,(H2,24,25,26);1H. The minimum absolute atomic E-state index is 0. The molecule has 0 spiro atoms. The van der Waals surface area contributed by atoms with Crippen LogP contribution in [0.1, 0.15) is 29.2 Å². The fraction of sp³-hybridized carbons (Fsp3) is 0.318. The SMILES string of the molecule is CCNC(=NCc1cccc(Cn2cncn2)c1)NCc1ccc(C)cc1OC.I. The summed E-state index contributed by atoms with van der Waals surface area (Å²) in [7, 11) is 1.70. The zero-order valence-corrected chi connectivity index (χ0v) is 20.0. The van der Waals surface area contributed by atoms with Gasteiger partial charge in [0.1, 0.15) is 18.4 Å². The number of ether oxygens (including phenoxy) is 1. The van der Waals surface area contributed by atoms with Gasteiger partial charge in [-0.25, -0.2) is 14.7 Å². The molecule has 0 aliphatic carbocycles. The van der Waals surface area contributed by atoms with Crippen molar-refractivity contribution in [1.29, 1.82) is 0 Å². The summed E-state index contributed by atoms with van der Waals surface area (Å²) in [5.41, 5.74) is 4.59. The van der Waals surface area contributed by atoms with Gasteiger partial charge >= 0.3 is 0 Å². The molecule has 30 heavy (non-hydrogen) atoms. The average molecular weight is 520 g/mol. The molecule has 160 valence electrons. The van der Waals surface area contributed by atoms with Crippen molar-refractivity contribution in [2.24, 2.45) is 4.99 Å². The molecule has 0 saturated heterocycles. The number of aromatic nitrogens is 3. The summed E-state index contributed by atoms with van der Waals surface area (Å²) in [5, 5.41) is 10.8. The summed E-state index contributed by atoms with van der Waals surface area (Å²) < 4.78 is 7.30. The maximum atomic E-state index is 5.49. The van der Waals surface area contributed by atoms with E-state index in [4.69, 9.17) is 9.73 Å². The van der Waals surface area contributed by atoms with Crippen LogP contribution in [0.25, 0.3) is 0 Å². The highest BCUT2D eigenvalue weighted by atomic mass is 127. The number of hydrogen-bond acceptors (Lipinski definition) is 4. The topological polar surface area (TPSA) is 76.4 Å². The summed E-state index contributed by atoms with van der Waals surface area (Å²) in [6, 6.07) is 14.6. The number of halogens is 1. The molecule has 0 aliphatic rings. The van der Waals surface area contributed by atoms with E-state index >= 15 is 0 Å². The van der Waals surface area contributed by atoms with Crippen LogP contribution in [0.4, 0.5) is 0 Å². The number of aliphatic imine (C=N–C) groups is 1. The number of guanidine groups is 1. The third-order valence-corrected chi connectivity index (χ3v) is 4.46. The van der Waals surface area contributed by atoms with Gasteiger partial charge in [0, 0.05) is 18.7 Å². The molecule has 0 atom stereocenters. The van der Waals surface area contributed by atoms with Gasteiger partial charge in [-0.15, -0.1) is 24.0 Å². The quantitative estimate of drug-likeness (QED) is 0.270. The molecule has 0 radical (unpaired) electrons. The van der Waals surface area contributed by atoms with Crippen LogP contribution in [0, 0.1) is 6.92 Å². The summed E-state index contributed by atoms with van der Waals surface area (Å²) in [6.45, 7) is 6.84. The molecule has 8 heteroatoms. The first-order chi connectivity index (χ1) is 14.2. The van der Waals surface area contributed by atoms with Gasteiger partial charge in [-0.1, -0.05) is 36.4 Å². The third kappa shape index (κ3) is 7.01. The molecule has 3 aromatic rings. The van der Waals surface area contributed by atoms with Gasteiger partial charge in [-0.2, -0.15) is 5.10 Å². The maximum Gasteiger partial charge on any atom is 0.191 e. The van der Waals surface area contributed by atoms with Gasteiger partial charge in [-0.3, -0.25) is 0 Å². The molecule has 0 amide bonds. The molecule has 0 saturated carbocycles. The number of methoxy groups -OCH3 is 1. The lowest BCUT2D eigenvalue weighted by Gasteiger charge is -2.14. The van der Waals surface area contributed by atoms with Crippen LogP contribution in [0.3, 0.4) is 0 Å². The second-order valence-corrected chi connectivity index (χ2v) is 6.78. The van der Waals surface area contributed by atoms with Crippen LogP contribution in [-0.4, -0.2) is 34.4 Å². The van der Waals surface area contributed by atoms with E-state index in [1.165, 1.54) is 11.1 Å². The van der Waals surface area contributed by atoms with Crippen LogP contribution in [0.5, 0.6) is 5.75 Å². The zero-order chi connectivity index (χ0) is 20.5. The molecular formula is C22H29IN6O. The fourth-order valence-electron chi connectivity index (χ4n) is 3.02. The van der Waals surface area contributed by atoms with Crippen LogP contribution < -0.4 is 15.4 Å². The van der Waals surface area contributed by atoms with E-state index in [9.17, 15) is 0 Å². The van der Waals surface area contributed by atoms with Crippen molar-refractivity contribution >= 4 is 29.9 Å². The molecule has 1 aromatic heterocycles. The Balaban J connectivity index is 0.00000320. The van der Waals surface area contributed by atoms with Gasteiger partial charge < -0.3 is 15.4 Å². The second kappa shape index (κ2) is 12.2. The van der Waals surface area contributed by atoms with E-state index in [-0.39, 0.29) is 24.0 Å². The Morgan fingerprint density at radius 1 is 1.13 bits per heavy atom. The van der Waals surface area contributed by atoms with E-state index in [1.807, 2.05) is 10.7 Å². The Morgan fingerprint density at radius 3 is 2.70 bits per heavy atom. The molecule has 3 rings (SSSR count). The second-order valence-electron chi connectivity index (χ2n) is 6.78. The van der Waals surface area contributed by atoms with E-state index in [1.54, 1.807) is 19.8 Å². The first-order valence-electron chi connectivity index (χ1n) is 9.74. The summed E-state index contributed by atoms with van der Waals surface area (Å²) >= 11 is 0. The first-order valence-corrected chi connectivity index (χ1v) is 9.74. The predicted molar refractivity (Wildman–Crippen MR) is 130 cm³/mol. The van der Waals surface area contributed by atoms with Crippen molar-refractivity contribution in [3.8, 4) is 5.75 Å². The van der Waals surface area contributed by atoms with Crippen molar-refractivity contribution in [2.75, 3.05) is 13.7 Å². The highest BCUT2D eigenvalue weighted by molar-refractivity contribution is 14.0. The van der Waals surface area contributed by atoms with Gasteiger partial charge in [0.2, 0.25) is 0 Å². The largest absolute Gasteiger partial charge is 0.496 e. The smallest absolute Gasteiger partial charge is 0.191 e. The first kappa shape index (κ1) is 23.7. The lowest BCUT2D eigenvalue weighted by atomic mass is 10.1. The number of benzene rings is 2. The molecular weight excluding hydrogens is 491 g/mol. The van der Waals surface area contributed by atoms with Crippen molar-refractivity contribution in [3.05, 3.63) is 77.4 Å². The van der Waals surface area contributed by atoms with Crippen molar-refractivity contribution in [1.82, 2.24) is 25.4 Å².